The Labute approximate surface area is 119 Å². The first kappa shape index (κ1) is 13.8. The monoisotopic (exact) mass is 296 g/mol. The predicted octanol–water partition coefficient (Wildman–Crippen LogP) is 0.353. The fourth-order valence-corrected chi connectivity index (χ4v) is 3.61. The van der Waals surface area contributed by atoms with E-state index in [4.69, 9.17) is 0 Å². The molecule has 1 aliphatic carbocycles. The molecule has 0 spiro atoms. The number of aromatic nitrogens is 2. The van der Waals surface area contributed by atoms with Crippen molar-refractivity contribution in [3.8, 4) is 0 Å². The van der Waals surface area contributed by atoms with E-state index in [-0.39, 0.29) is 11.5 Å². The molecule has 20 heavy (non-hydrogen) atoms. The number of hydrogen-bond acceptors (Lipinski definition) is 6. The van der Waals surface area contributed by atoms with Gasteiger partial charge < -0.3 is 10.2 Å². The first-order valence-corrected chi connectivity index (χ1v) is 8.94. The highest BCUT2D eigenvalue weighted by Crippen LogP contribution is 2.19. The summed E-state index contributed by atoms with van der Waals surface area (Å²) in [6.07, 6.45) is 6.65. The minimum Gasteiger partial charge on any atom is -0.354 e. The molecule has 2 heterocycles. The van der Waals surface area contributed by atoms with Gasteiger partial charge in [0.25, 0.3) is 0 Å². The van der Waals surface area contributed by atoms with E-state index in [2.05, 4.69) is 15.3 Å². The standard InChI is InChI=1S/C13H20N4O2S/c18-20(19)6-1-4-17(5-7-20)13-10-14-8-12(16-13)9-15-11-2-3-11/h8,10-11,15H,1-7,9H2. The van der Waals surface area contributed by atoms with Crippen LogP contribution in [0.4, 0.5) is 5.82 Å². The largest absolute Gasteiger partial charge is 0.354 e. The first-order chi connectivity index (χ1) is 9.62. The number of sulfone groups is 1. The average Bonchev–Trinajstić information content (AvgIpc) is 3.24. The van der Waals surface area contributed by atoms with Gasteiger partial charge in [-0.3, -0.25) is 4.98 Å². The zero-order valence-electron chi connectivity index (χ0n) is 11.5. The highest BCUT2D eigenvalue weighted by molar-refractivity contribution is 7.91. The summed E-state index contributed by atoms with van der Waals surface area (Å²) in [6, 6.07) is 0.642. The maximum atomic E-state index is 11.6. The molecule has 1 aromatic heterocycles. The molecule has 6 nitrogen and oxygen atoms in total. The second-order valence-electron chi connectivity index (χ2n) is 5.52. The van der Waals surface area contributed by atoms with Crippen LogP contribution in [0, 0.1) is 0 Å². The fraction of sp³-hybridized carbons (Fsp3) is 0.692. The average molecular weight is 296 g/mol. The molecule has 1 aliphatic heterocycles. The van der Waals surface area contributed by atoms with Gasteiger partial charge in [-0.2, -0.15) is 0 Å². The van der Waals surface area contributed by atoms with E-state index in [0.29, 0.717) is 19.0 Å². The van der Waals surface area contributed by atoms with Crippen LogP contribution in [0.25, 0.3) is 0 Å². The van der Waals surface area contributed by atoms with E-state index in [9.17, 15) is 8.42 Å². The number of rotatable bonds is 4. The maximum Gasteiger partial charge on any atom is 0.152 e. The molecule has 2 aliphatic rings. The molecule has 0 atom stereocenters. The van der Waals surface area contributed by atoms with Crippen molar-refractivity contribution in [2.75, 3.05) is 29.5 Å². The van der Waals surface area contributed by atoms with E-state index in [1.807, 2.05) is 4.90 Å². The highest BCUT2D eigenvalue weighted by atomic mass is 32.2. The molecule has 110 valence electrons. The van der Waals surface area contributed by atoms with Gasteiger partial charge in [0, 0.05) is 31.9 Å². The zero-order valence-corrected chi connectivity index (χ0v) is 12.3. The summed E-state index contributed by atoms with van der Waals surface area (Å²) >= 11 is 0. The van der Waals surface area contributed by atoms with Gasteiger partial charge >= 0.3 is 0 Å². The van der Waals surface area contributed by atoms with E-state index >= 15 is 0 Å². The second kappa shape index (κ2) is 5.65. The van der Waals surface area contributed by atoms with E-state index in [1.54, 1.807) is 12.4 Å². The SMILES string of the molecule is O=S1(=O)CCCN(c2cncc(CNC3CC3)n2)CC1. The van der Waals surface area contributed by atoms with Crippen LogP contribution in [0.15, 0.2) is 12.4 Å². The first-order valence-electron chi connectivity index (χ1n) is 7.12. The Bertz CT molecular complexity index is 571. The normalized spacial score (nSPS) is 22.5. The van der Waals surface area contributed by atoms with Gasteiger partial charge in [-0.05, 0) is 19.3 Å². The molecule has 0 bridgehead atoms. The Morgan fingerprint density at radius 3 is 2.90 bits per heavy atom. The summed E-state index contributed by atoms with van der Waals surface area (Å²) in [7, 11) is -2.89. The molecule has 2 fully saturated rings. The summed E-state index contributed by atoms with van der Waals surface area (Å²) in [4.78, 5) is 10.8. The molecular weight excluding hydrogens is 276 g/mol. The van der Waals surface area contributed by atoms with Crippen LogP contribution in [0.1, 0.15) is 25.0 Å². The molecule has 0 unspecified atom stereocenters. The van der Waals surface area contributed by atoms with Crippen LogP contribution in [-0.4, -0.2) is 49.0 Å². The van der Waals surface area contributed by atoms with E-state index in [0.717, 1.165) is 24.6 Å². The van der Waals surface area contributed by atoms with Crippen LogP contribution in [0.3, 0.4) is 0 Å². The second-order valence-corrected chi connectivity index (χ2v) is 7.82. The molecule has 0 radical (unpaired) electrons. The van der Waals surface area contributed by atoms with E-state index < -0.39 is 9.84 Å². The van der Waals surface area contributed by atoms with Gasteiger partial charge in [0.2, 0.25) is 0 Å². The molecular formula is C13H20N4O2S. The minimum atomic E-state index is -2.89. The third-order valence-corrected chi connectivity index (χ3v) is 5.42. The lowest BCUT2D eigenvalue weighted by Gasteiger charge is -2.20. The Morgan fingerprint density at radius 1 is 1.25 bits per heavy atom. The van der Waals surface area contributed by atoms with Gasteiger partial charge in [-0.15, -0.1) is 0 Å². The topological polar surface area (TPSA) is 75.2 Å². The Kier molecular flexibility index (Phi) is 3.89. The van der Waals surface area contributed by atoms with Crippen molar-refractivity contribution in [3.63, 3.8) is 0 Å². The van der Waals surface area contributed by atoms with Crippen molar-refractivity contribution >= 4 is 15.7 Å². The van der Waals surface area contributed by atoms with Gasteiger partial charge in [0.15, 0.2) is 9.84 Å². The Morgan fingerprint density at radius 2 is 2.10 bits per heavy atom. The minimum absolute atomic E-state index is 0.208. The van der Waals surface area contributed by atoms with Gasteiger partial charge in [0.1, 0.15) is 5.82 Å². The van der Waals surface area contributed by atoms with Gasteiger partial charge in [-0.25, -0.2) is 13.4 Å². The molecule has 1 aromatic rings. The summed E-state index contributed by atoms with van der Waals surface area (Å²) in [6.45, 7) is 1.97. The fourth-order valence-electron chi connectivity index (χ4n) is 2.34. The van der Waals surface area contributed by atoms with Crippen LogP contribution in [0.2, 0.25) is 0 Å². The van der Waals surface area contributed by atoms with Crippen molar-refractivity contribution in [3.05, 3.63) is 18.1 Å². The molecule has 7 heteroatoms. The van der Waals surface area contributed by atoms with Gasteiger partial charge in [-0.1, -0.05) is 0 Å². The van der Waals surface area contributed by atoms with Crippen LogP contribution in [0.5, 0.6) is 0 Å². The summed E-state index contributed by atoms with van der Waals surface area (Å²) in [5, 5.41) is 3.41. The van der Waals surface area contributed by atoms with Crippen LogP contribution < -0.4 is 10.2 Å². The summed E-state index contributed by atoms with van der Waals surface area (Å²) < 4.78 is 23.3. The lowest BCUT2D eigenvalue weighted by Crippen LogP contribution is -2.28. The van der Waals surface area contributed by atoms with Crippen molar-refractivity contribution < 1.29 is 8.42 Å². The molecule has 3 rings (SSSR count). The molecule has 1 saturated heterocycles. The number of nitrogens with one attached hydrogen (secondary N) is 1. The summed E-state index contributed by atoms with van der Waals surface area (Å²) in [5.41, 5.74) is 0.918. The van der Waals surface area contributed by atoms with E-state index in [1.165, 1.54) is 12.8 Å². The van der Waals surface area contributed by atoms with Crippen LogP contribution in [-0.2, 0) is 16.4 Å². The molecule has 0 aromatic carbocycles. The summed E-state index contributed by atoms with van der Waals surface area (Å²) in [5.74, 6) is 1.27. The smallest absolute Gasteiger partial charge is 0.152 e. The maximum absolute atomic E-state index is 11.6. The molecule has 1 saturated carbocycles. The quantitative estimate of drug-likeness (QED) is 0.864. The Balaban J connectivity index is 1.67. The van der Waals surface area contributed by atoms with Crippen molar-refractivity contribution in [1.29, 1.82) is 0 Å². The third kappa shape index (κ3) is 3.67. The van der Waals surface area contributed by atoms with Crippen molar-refractivity contribution in [1.82, 2.24) is 15.3 Å². The number of hydrogen-bond donors (Lipinski definition) is 1. The predicted molar refractivity (Wildman–Crippen MR) is 77.4 cm³/mol. The molecule has 1 N–H and O–H groups in total. The molecule has 0 amide bonds. The highest BCUT2D eigenvalue weighted by Gasteiger charge is 2.22. The number of anilines is 1. The van der Waals surface area contributed by atoms with Gasteiger partial charge in [0.05, 0.1) is 23.4 Å². The third-order valence-electron chi connectivity index (χ3n) is 3.70. The Hall–Kier alpha value is -1.21. The number of nitrogens with zero attached hydrogens (tertiary/aromatic N) is 3. The van der Waals surface area contributed by atoms with Crippen molar-refractivity contribution in [2.24, 2.45) is 0 Å². The van der Waals surface area contributed by atoms with Crippen LogP contribution >= 0.6 is 0 Å². The zero-order chi connectivity index (χ0) is 14.0. The lowest BCUT2D eigenvalue weighted by atomic mass is 10.4. The van der Waals surface area contributed by atoms with Crippen molar-refractivity contribution in [2.45, 2.75) is 31.8 Å². The lowest BCUT2D eigenvalue weighted by molar-refractivity contribution is 0.597.